The van der Waals surface area contributed by atoms with Crippen molar-refractivity contribution < 1.29 is 18.7 Å². The Kier molecular flexibility index (Phi) is 5.29. The predicted octanol–water partition coefficient (Wildman–Crippen LogP) is 4.05. The molecule has 1 heterocycles. The smallest absolute Gasteiger partial charge is 0.415 e. The van der Waals surface area contributed by atoms with Crippen molar-refractivity contribution in [2.45, 2.75) is 32.9 Å². The highest BCUT2D eigenvalue weighted by atomic mass is 35.5. The van der Waals surface area contributed by atoms with Crippen LogP contribution >= 0.6 is 11.6 Å². The second-order valence-corrected chi connectivity index (χ2v) is 6.62. The molecule has 7 heteroatoms. The number of carbonyl (C=O) groups excluding carboxylic acids is 1. The first-order chi connectivity index (χ1) is 11.2. The normalized spacial score (nSPS) is 11.2. The summed E-state index contributed by atoms with van der Waals surface area (Å²) in [4.78, 5) is 13.8. The monoisotopic (exact) mass is 352 g/mol. The van der Waals surface area contributed by atoms with E-state index in [1.54, 1.807) is 26.8 Å². The van der Waals surface area contributed by atoms with Crippen molar-refractivity contribution in [3.8, 4) is 0 Å². The number of nitrogens with zero attached hydrogens (tertiary/aromatic N) is 2. The van der Waals surface area contributed by atoms with E-state index in [0.29, 0.717) is 16.0 Å². The van der Waals surface area contributed by atoms with Gasteiger partial charge in [0.15, 0.2) is 6.20 Å². The third-order valence-corrected chi connectivity index (χ3v) is 3.31. The molecule has 1 aromatic carbocycles. The van der Waals surface area contributed by atoms with Crippen LogP contribution < -0.4 is 9.63 Å². The second kappa shape index (κ2) is 7.05. The van der Waals surface area contributed by atoms with Crippen LogP contribution in [0.1, 0.15) is 26.3 Å². The molecule has 24 heavy (non-hydrogen) atoms. The maximum atomic E-state index is 13.2. The molecule has 0 atom stereocenters. The lowest BCUT2D eigenvalue weighted by molar-refractivity contribution is -0.603. The number of halogens is 2. The van der Waals surface area contributed by atoms with Gasteiger partial charge in [0.2, 0.25) is 0 Å². The van der Waals surface area contributed by atoms with E-state index < -0.39 is 17.5 Å². The number of amides is 1. The Morgan fingerprint density at radius 1 is 1.25 bits per heavy atom. The van der Waals surface area contributed by atoms with E-state index in [9.17, 15) is 14.4 Å². The van der Waals surface area contributed by atoms with Crippen molar-refractivity contribution >= 4 is 23.4 Å². The van der Waals surface area contributed by atoms with Gasteiger partial charge in [-0.3, -0.25) is 4.90 Å². The van der Waals surface area contributed by atoms with Crippen molar-refractivity contribution in [1.82, 2.24) is 0 Å². The maximum Gasteiger partial charge on any atom is 0.415 e. The van der Waals surface area contributed by atoms with Crippen LogP contribution in [0.3, 0.4) is 0 Å². The van der Waals surface area contributed by atoms with Crippen LogP contribution in [0.5, 0.6) is 0 Å². The fraction of sp³-hybridized carbons (Fsp3) is 0.294. The molecule has 1 aromatic heterocycles. The minimum Gasteiger partial charge on any atom is -0.618 e. The summed E-state index contributed by atoms with van der Waals surface area (Å²) in [7, 11) is 0. The first-order valence-corrected chi connectivity index (χ1v) is 7.67. The lowest BCUT2D eigenvalue weighted by Crippen LogP contribution is -2.37. The van der Waals surface area contributed by atoms with Gasteiger partial charge in [-0.05, 0) is 62.7 Å². The van der Waals surface area contributed by atoms with Gasteiger partial charge in [-0.1, -0.05) is 0 Å². The van der Waals surface area contributed by atoms with Gasteiger partial charge in [-0.25, -0.2) is 9.18 Å². The molecule has 0 aliphatic carbocycles. The Morgan fingerprint density at radius 3 is 2.42 bits per heavy atom. The summed E-state index contributed by atoms with van der Waals surface area (Å²) in [5, 5.41) is 11.6. The Hall–Kier alpha value is -2.34. The number of rotatable bonds is 3. The van der Waals surface area contributed by atoms with Crippen LogP contribution in [0.15, 0.2) is 42.6 Å². The van der Waals surface area contributed by atoms with Gasteiger partial charge in [-0.2, -0.15) is 4.73 Å². The lowest BCUT2D eigenvalue weighted by Gasteiger charge is -2.27. The van der Waals surface area contributed by atoms with E-state index in [1.165, 1.54) is 41.4 Å². The van der Waals surface area contributed by atoms with Gasteiger partial charge >= 0.3 is 6.09 Å². The molecule has 0 bridgehead atoms. The fourth-order valence-corrected chi connectivity index (χ4v) is 2.09. The Bertz CT molecular complexity index is 730. The third kappa shape index (κ3) is 4.83. The van der Waals surface area contributed by atoms with Crippen molar-refractivity contribution in [1.29, 1.82) is 0 Å². The third-order valence-electron chi connectivity index (χ3n) is 3.02. The molecular formula is C17H18ClFN2O3. The lowest BCUT2D eigenvalue weighted by atomic mass is 10.2. The molecule has 0 N–H and O–H groups in total. The quantitative estimate of drug-likeness (QED) is 0.475. The zero-order valence-electron chi connectivity index (χ0n) is 13.6. The summed E-state index contributed by atoms with van der Waals surface area (Å²) in [6, 6.07) is 8.53. The van der Waals surface area contributed by atoms with Crippen LogP contribution in [0, 0.1) is 11.0 Å². The number of benzene rings is 1. The Balaban J connectivity index is 2.32. The van der Waals surface area contributed by atoms with Crippen LogP contribution in [-0.2, 0) is 11.3 Å². The molecule has 0 fully saturated rings. The molecule has 0 spiro atoms. The summed E-state index contributed by atoms with van der Waals surface area (Å²) < 4.78 is 19.1. The number of hydrogen-bond acceptors (Lipinski definition) is 3. The number of pyridine rings is 1. The molecule has 0 aliphatic rings. The molecule has 0 saturated carbocycles. The zero-order chi connectivity index (χ0) is 17.9. The number of hydrogen-bond donors (Lipinski definition) is 0. The molecule has 0 aliphatic heterocycles. The minimum atomic E-state index is -0.687. The van der Waals surface area contributed by atoms with Crippen molar-refractivity contribution in [3.05, 3.63) is 64.3 Å². The van der Waals surface area contributed by atoms with Crippen LogP contribution in [0.2, 0.25) is 5.15 Å². The first kappa shape index (κ1) is 18.0. The molecule has 2 rings (SSSR count). The topological polar surface area (TPSA) is 56.5 Å². The maximum absolute atomic E-state index is 13.2. The fourth-order valence-electron chi connectivity index (χ4n) is 1.98. The SMILES string of the molecule is CC(C)(C)OC(=O)N(Cc1ccc(Cl)[n+]([O-])c1)c1ccc(F)cc1. The van der Waals surface area contributed by atoms with E-state index in [2.05, 4.69) is 0 Å². The number of ether oxygens (including phenoxy) is 1. The molecule has 0 saturated heterocycles. The molecule has 1 amide bonds. The first-order valence-electron chi connectivity index (χ1n) is 7.29. The molecule has 5 nitrogen and oxygen atoms in total. The highest BCUT2D eigenvalue weighted by molar-refractivity contribution is 6.28. The predicted molar refractivity (Wildman–Crippen MR) is 89.2 cm³/mol. The minimum absolute atomic E-state index is 0.0318. The average Bonchev–Trinajstić information content (AvgIpc) is 2.47. The standard InChI is InChI=1S/C17H18ClFN2O3/c1-17(2,3)24-16(22)20(14-7-5-13(19)6-8-14)10-12-4-9-15(18)21(23)11-12/h4-9,11H,10H2,1-3H3. The van der Waals surface area contributed by atoms with Crippen molar-refractivity contribution in [3.63, 3.8) is 0 Å². The molecular weight excluding hydrogens is 335 g/mol. The van der Waals surface area contributed by atoms with E-state index in [-0.39, 0.29) is 11.7 Å². The van der Waals surface area contributed by atoms with Gasteiger partial charge < -0.3 is 9.94 Å². The van der Waals surface area contributed by atoms with Crippen LogP contribution in [0.4, 0.5) is 14.9 Å². The van der Waals surface area contributed by atoms with E-state index in [1.807, 2.05) is 0 Å². The van der Waals surface area contributed by atoms with Gasteiger partial charge in [-0.15, -0.1) is 0 Å². The summed E-state index contributed by atoms with van der Waals surface area (Å²) in [6.45, 7) is 5.34. The van der Waals surface area contributed by atoms with Gasteiger partial charge in [0.1, 0.15) is 11.4 Å². The summed E-state index contributed by atoms with van der Waals surface area (Å²) in [6.07, 6.45) is 0.685. The van der Waals surface area contributed by atoms with E-state index in [0.717, 1.165) is 0 Å². The van der Waals surface area contributed by atoms with Crippen LogP contribution in [0.25, 0.3) is 0 Å². The number of aromatic nitrogens is 1. The summed E-state index contributed by atoms with van der Waals surface area (Å²) in [5.41, 5.74) is 0.330. The Labute approximate surface area is 144 Å². The highest BCUT2D eigenvalue weighted by Gasteiger charge is 2.24. The highest BCUT2D eigenvalue weighted by Crippen LogP contribution is 2.21. The largest absolute Gasteiger partial charge is 0.618 e. The summed E-state index contributed by atoms with van der Waals surface area (Å²) >= 11 is 5.70. The average molecular weight is 353 g/mol. The number of anilines is 1. The molecule has 0 radical (unpaired) electrons. The molecule has 2 aromatic rings. The van der Waals surface area contributed by atoms with E-state index >= 15 is 0 Å². The van der Waals surface area contributed by atoms with Crippen LogP contribution in [-0.4, -0.2) is 11.7 Å². The number of carbonyl (C=O) groups is 1. The van der Waals surface area contributed by atoms with Gasteiger partial charge in [0.25, 0.3) is 5.15 Å². The Morgan fingerprint density at radius 2 is 1.88 bits per heavy atom. The molecule has 128 valence electrons. The zero-order valence-corrected chi connectivity index (χ0v) is 14.4. The van der Waals surface area contributed by atoms with Crippen molar-refractivity contribution in [2.75, 3.05) is 4.90 Å². The summed E-state index contributed by atoms with van der Waals surface area (Å²) in [5.74, 6) is -0.410. The van der Waals surface area contributed by atoms with E-state index in [4.69, 9.17) is 16.3 Å². The van der Waals surface area contributed by atoms with Gasteiger partial charge in [0, 0.05) is 17.3 Å². The molecule has 0 unspecified atom stereocenters. The second-order valence-electron chi connectivity index (χ2n) is 6.23. The van der Waals surface area contributed by atoms with Gasteiger partial charge in [0.05, 0.1) is 6.54 Å². The van der Waals surface area contributed by atoms with Crippen molar-refractivity contribution in [2.24, 2.45) is 0 Å².